The number of anilines is 1. The molecular formula is C18H19FN4O4S. The molecule has 8 nitrogen and oxygen atoms in total. The van der Waals surface area contributed by atoms with Gasteiger partial charge in [0, 0.05) is 18.7 Å². The largest absolute Gasteiger partial charge is 0.355 e. The molecule has 148 valence electrons. The number of rotatable bonds is 6. The number of sulfonamides is 1. The van der Waals surface area contributed by atoms with Crippen molar-refractivity contribution < 1.29 is 17.6 Å². The summed E-state index contributed by atoms with van der Waals surface area (Å²) in [5.41, 5.74) is 0.642. The normalized spacial score (nSPS) is 11.5. The van der Waals surface area contributed by atoms with Crippen molar-refractivity contribution in [2.75, 3.05) is 17.5 Å². The van der Waals surface area contributed by atoms with E-state index in [4.69, 9.17) is 0 Å². The van der Waals surface area contributed by atoms with Crippen LogP contribution < -0.4 is 15.5 Å². The number of hydrogen-bond acceptors (Lipinski definition) is 4. The lowest BCUT2D eigenvalue weighted by Gasteiger charge is -2.06. The van der Waals surface area contributed by atoms with Gasteiger partial charge in [-0.05, 0) is 30.7 Å². The molecule has 0 fully saturated rings. The molecular weight excluding hydrogens is 387 g/mol. The Balaban J connectivity index is 2.21. The van der Waals surface area contributed by atoms with E-state index in [0.717, 1.165) is 0 Å². The predicted octanol–water partition coefficient (Wildman–Crippen LogP) is 1.95. The van der Waals surface area contributed by atoms with Crippen molar-refractivity contribution in [2.45, 2.75) is 13.3 Å². The van der Waals surface area contributed by atoms with Crippen molar-refractivity contribution in [2.24, 2.45) is 0 Å². The Kier molecular flexibility index (Phi) is 5.23. The highest BCUT2D eigenvalue weighted by atomic mass is 32.2. The highest BCUT2D eigenvalue weighted by Crippen LogP contribution is 2.26. The molecule has 0 saturated carbocycles. The SMILES string of the molecule is CCCS(=O)(=O)Nc1cn2[nH]c(-c3ccc(F)cc3)c(C(=O)NC)c2cc1=O. The molecule has 0 aliphatic heterocycles. The molecule has 3 rings (SSSR count). The maximum Gasteiger partial charge on any atom is 0.255 e. The van der Waals surface area contributed by atoms with Crippen LogP contribution in [0.2, 0.25) is 0 Å². The summed E-state index contributed by atoms with van der Waals surface area (Å²) in [4.78, 5) is 24.9. The first kappa shape index (κ1) is 19.6. The zero-order valence-electron chi connectivity index (χ0n) is 15.2. The van der Waals surface area contributed by atoms with Crippen molar-refractivity contribution in [1.82, 2.24) is 14.9 Å². The third kappa shape index (κ3) is 3.77. The molecule has 0 unspecified atom stereocenters. The number of aromatic nitrogens is 2. The van der Waals surface area contributed by atoms with Gasteiger partial charge in [0.1, 0.15) is 11.5 Å². The quantitative estimate of drug-likeness (QED) is 0.581. The number of nitrogens with zero attached hydrogens (tertiary/aromatic N) is 1. The van der Waals surface area contributed by atoms with Crippen LogP contribution in [0.1, 0.15) is 23.7 Å². The first-order valence-electron chi connectivity index (χ1n) is 8.52. The zero-order valence-corrected chi connectivity index (χ0v) is 16.1. The summed E-state index contributed by atoms with van der Waals surface area (Å²) in [5, 5.41) is 5.47. The van der Waals surface area contributed by atoms with E-state index < -0.39 is 27.2 Å². The Morgan fingerprint density at radius 1 is 1.25 bits per heavy atom. The lowest BCUT2D eigenvalue weighted by atomic mass is 10.1. The third-order valence-electron chi connectivity index (χ3n) is 4.11. The number of pyridine rings is 1. The summed E-state index contributed by atoms with van der Waals surface area (Å²) in [6.45, 7) is 1.71. The fraction of sp³-hybridized carbons (Fsp3) is 0.222. The summed E-state index contributed by atoms with van der Waals surface area (Å²) in [6, 6.07) is 6.68. The average Bonchev–Trinajstić information content (AvgIpc) is 2.99. The number of benzene rings is 1. The number of carbonyl (C=O) groups excluding carboxylic acids is 1. The predicted molar refractivity (Wildman–Crippen MR) is 105 cm³/mol. The highest BCUT2D eigenvalue weighted by Gasteiger charge is 2.21. The van der Waals surface area contributed by atoms with E-state index in [9.17, 15) is 22.4 Å². The molecule has 10 heteroatoms. The zero-order chi connectivity index (χ0) is 20.5. The number of amides is 1. The molecule has 0 atom stereocenters. The fourth-order valence-corrected chi connectivity index (χ4v) is 4.00. The summed E-state index contributed by atoms with van der Waals surface area (Å²) in [5.74, 6) is -0.996. The van der Waals surface area contributed by atoms with E-state index in [-0.39, 0.29) is 22.5 Å². The molecule has 0 saturated heterocycles. The average molecular weight is 406 g/mol. The van der Waals surface area contributed by atoms with Gasteiger partial charge in [-0.1, -0.05) is 6.92 Å². The van der Waals surface area contributed by atoms with E-state index in [1.165, 1.54) is 48.1 Å². The minimum absolute atomic E-state index is 0.121. The third-order valence-corrected chi connectivity index (χ3v) is 5.59. The van der Waals surface area contributed by atoms with E-state index in [1.807, 2.05) is 0 Å². The molecule has 1 amide bonds. The monoisotopic (exact) mass is 406 g/mol. The number of halogens is 1. The van der Waals surface area contributed by atoms with Crippen LogP contribution in [0.25, 0.3) is 16.8 Å². The van der Waals surface area contributed by atoms with Gasteiger partial charge in [-0.15, -0.1) is 0 Å². The van der Waals surface area contributed by atoms with Crippen LogP contribution in [0.3, 0.4) is 0 Å². The van der Waals surface area contributed by atoms with Crippen LogP contribution in [-0.4, -0.2) is 36.7 Å². The van der Waals surface area contributed by atoms with Crippen LogP contribution in [0, 0.1) is 5.82 Å². The van der Waals surface area contributed by atoms with E-state index >= 15 is 0 Å². The lowest BCUT2D eigenvalue weighted by molar-refractivity contribution is 0.0965. The van der Waals surface area contributed by atoms with Crippen LogP contribution in [-0.2, 0) is 10.0 Å². The Bertz CT molecular complexity index is 1200. The van der Waals surface area contributed by atoms with Gasteiger partial charge >= 0.3 is 0 Å². The molecule has 2 aromatic heterocycles. The van der Waals surface area contributed by atoms with E-state index in [1.54, 1.807) is 6.92 Å². The molecule has 0 aliphatic rings. The lowest BCUT2D eigenvalue weighted by Crippen LogP contribution is -2.22. The molecule has 28 heavy (non-hydrogen) atoms. The summed E-state index contributed by atoms with van der Waals surface area (Å²) < 4.78 is 40.9. The molecule has 3 N–H and O–H groups in total. The van der Waals surface area contributed by atoms with Crippen LogP contribution in [0.4, 0.5) is 10.1 Å². The molecule has 0 radical (unpaired) electrons. The van der Waals surface area contributed by atoms with Crippen LogP contribution in [0.15, 0.2) is 41.3 Å². The van der Waals surface area contributed by atoms with E-state index in [0.29, 0.717) is 17.7 Å². The number of H-pyrrole nitrogens is 1. The van der Waals surface area contributed by atoms with Gasteiger partial charge in [-0.2, -0.15) is 0 Å². The standard InChI is InChI=1S/C18H19FN4O4S/c1-3-8-28(26,27)22-13-10-23-14(9-15(13)24)16(18(25)20-2)17(21-23)11-4-6-12(19)7-5-11/h4-7,9-10,21-22H,3,8H2,1-2H3,(H,20,25). The maximum absolute atomic E-state index is 13.3. The number of hydrogen-bond donors (Lipinski definition) is 3. The van der Waals surface area contributed by atoms with Crippen molar-refractivity contribution >= 4 is 27.1 Å². The topological polar surface area (TPSA) is 113 Å². The van der Waals surface area contributed by atoms with Crippen molar-refractivity contribution in [3.63, 3.8) is 0 Å². The van der Waals surface area contributed by atoms with Gasteiger partial charge in [-0.3, -0.25) is 23.9 Å². The Labute approximate surface area is 160 Å². The summed E-state index contributed by atoms with van der Waals surface area (Å²) in [7, 11) is -2.21. The van der Waals surface area contributed by atoms with E-state index in [2.05, 4.69) is 15.1 Å². The Hall–Kier alpha value is -3.14. The minimum Gasteiger partial charge on any atom is -0.355 e. The molecule has 3 aromatic rings. The second-order valence-electron chi connectivity index (χ2n) is 6.18. The first-order valence-corrected chi connectivity index (χ1v) is 10.2. The minimum atomic E-state index is -3.66. The molecule has 2 heterocycles. The highest BCUT2D eigenvalue weighted by molar-refractivity contribution is 7.92. The molecule has 0 bridgehead atoms. The summed E-state index contributed by atoms with van der Waals surface area (Å²) in [6.07, 6.45) is 1.68. The van der Waals surface area contributed by atoms with Gasteiger partial charge in [0.2, 0.25) is 15.5 Å². The Morgan fingerprint density at radius 2 is 1.93 bits per heavy atom. The van der Waals surface area contributed by atoms with Crippen LogP contribution in [0.5, 0.6) is 0 Å². The molecule has 0 aliphatic carbocycles. The number of carbonyl (C=O) groups is 1. The number of aromatic amines is 1. The molecule has 1 aromatic carbocycles. The van der Waals surface area contributed by atoms with Crippen molar-refractivity contribution in [3.05, 3.63) is 58.1 Å². The Morgan fingerprint density at radius 3 is 2.54 bits per heavy atom. The maximum atomic E-state index is 13.3. The number of fused-ring (bicyclic) bond motifs is 1. The first-order chi connectivity index (χ1) is 13.3. The van der Waals surface area contributed by atoms with Crippen molar-refractivity contribution in [1.29, 1.82) is 0 Å². The van der Waals surface area contributed by atoms with Gasteiger partial charge in [0.05, 0.1) is 28.7 Å². The van der Waals surface area contributed by atoms with Crippen molar-refractivity contribution in [3.8, 4) is 11.3 Å². The summed E-state index contributed by atoms with van der Waals surface area (Å²) >= 11 is 0. The molecule has 0 spiro atoms. The number of nitrogens with one attached hydrogen (secondary N) is 3. The fourth-order valence-electron chi connectivity index (χ4n) is 2.87. The van der Waals surface area contributed by atoms with Crippen LogP contribution >= 0.6 is 0 Å². The second-order valence-corrected chi connectivity index (χ2v) is 8.02. The van der Waals surface area contributed by atoms with Gasteiger partial charge < -0.3 is 5.32 Å². The van der Waals surface area contributed by atoms with Gasteiger partial charge in [-0.25, -0.2) is 12.8 Å². The van der Waals surface area contributed by atoms with Gasteiger partial charge in [0.25, 0.3) is 5.91 Å². The smallest absolute Gasteiger partial charge is 0.255 e. The second kappa shape index (κ2) is 7.47. The van der Waals surface area contributed by atoms with Gasteiger partial charge in [0.15, 0.2) is 0 Å².